The van der Waals surface area contributed by atoms with Gasteiger partial charge in [-0.3, -0.25) is 4.79 Å². The van der Waals surface area contributed by atoms with E-state index >= 15 is 0 Å². The van der Waals surface area contributed by atoms with Crippen LogP contribution in [-0.2, 0) is 22.4 Å². The number of hydrogen-bond acceptors (Lipinski definition) is 4. The fourth-order valence-corrected chi connectivity index (χ4v) is 5.56. The Labute approximate surface area is 165 Å². The van der Waals surface area contributed by atoms with E-state index in [0.717, 1.165) is 57.5 Å². The Hall–Kier alpha value is -1.44. The van der Waals surface area contributed by atoms with Gasteiger partial charge in [-0.15, -0.1) is 11.3 Å². The largest absolute Gasteiger partial charge is 0.462 e. The van der Waals surface area contributed by atoms with Crippen LogP contribution in [-0.4, -0.2) is 57.8 Å². The first-order valence-electron chi connectivity index (χ1n) is 10.3. The molecule has 0 radical (unpaired) electrons. The molecule has 2 heterocycles. The highest BCUT2D eigenvalue weighted by atomic mass is 32.1. The minimum absolute atomic E-state index is 0.00198. The molecule has 1 fully saturated rings. The van der Waals surface area contributed by atoms with Gasteiger partial charge < -0.3 is 19.9 Å². The average molecular weight is 396 g/mol. The van der Waals surface area contributed by atoms with Gasteiger partial charge in [0.25, 0.3) is 5.91 Å². The van der Waals surface area contributed by atoms with E-state index in [9.17, 15) is 9.59 Å². The molecular weight excluding hydrogens is 362 g/mol. The summed E-state index contributed by atoms with van der Waals surface area (Å²) < 4.78 is 5.28. The maximum absolute atomic E-state index is 12.7. The molecule has 150 valence electrons. The molecule has 6 nitrogen and oxygen atoms in total. The summed E-state index contributed by atoms with van der Waals surface area (Å²) in [6.45, 7) is 12.5. The second kappa shape index (κ2) is 9.17. The van der Waals surface area contributed by atoms with Crippen molar-refractivity contribution in [3.8, 4) is 0 Å². The Balaban J connectivity index is 1.70. The lowest BCUT2D eigenvalue weighted by molar-refractivity contribution is -1.01. The molecule has 2 aliphatic rings. The van der Waals surface area contributed by atoms with Gasteiger partial charge >= 0.3 is 5.97 Å². The first-order chi connectivity index (χ1) is 13.0. The zero-order valence-electron chi connectivity index (χ0n) is 16.8. The van der Waals surface area contributed by atoms with E-state index in [2.05, 4.69) is 19.2 Å². The molecule has 3 rings (SSSR count). The number of likely N-dealkylation sites (N-methyl/N-ethyl adjacent to an activating group) is 1. The molecular formula is C20H33N3O3S+2. The summed E-state index contributed by atoms with van der Waals surface area (Å²) in [6, 6.07) is 0. The van der Waals surface area contributed by atoms with Crippen LogP contribution in [0.4, 0.5) is 5.00 Å². The lowest BCUT2D eigenvalue weighted by Crippen LogP contribution is -3.28. The van der Waals surface area contributed by atoms with Crippen molar-refractivity contribution in [1.82, 2.24) is 0 Å². The molecule has 1 aliphatic heterocycles. The van der Waals surface area contributed by atoms with Crippen LogP contribution in [0.3, 0.4) is 0 Å². The van der Waals surface area contributed by atoms with E-state index in [0.29, 0.717) is 29.6 Å². The molecule has 1 atom stereocenters. The van der Waals surface area contributed by atoms with E-state index < -0.39 is 0 Å². The third-order valence-corrected chi connectivity index (χ3v) is 6.99. The molecule has 0 spiro atoms. The first-order valence-corrected chi connectivity index (χ1v) is 11.1. The van der Waals surface area contributed by atoms with Crippen LogP contribution < -0.4 is 15.1 Å². The van der Waals surface area contributed by atoms with E-state index in [1.807, 2.05) is 6.92 Å². The van der Waals surface area contributed by atoms with Crippen LogP contribution in [0.25, 0.3) is 0 Å². The monoisotopic (exact) mass is 395 g/mol. The van der Waals surface area contributed by atoms with Crippen molar-refractivity contribution in [2.45, 2.75) is 40.0 Å². The number of esters is 1. The second-order valence-corrected chi connectivity index (χ2v) is 8.96. The van der Waals surface area contributed by atoms with E-state index in [1.54, 1.807) is 16.2 Å². The number of amides is 1. The van der Waals surface area contributed by atoms with Gasteiger partial charge in [0.2, 0.25) is 0 Å². The summed E-state index contributed by atoms with van der Waals surface area (Å²) in [6.07, 6.45) is 2.96. The van der Waals surface area contributed by atoms with Crippen LogP contribution in [0.1, 0.15) is 48.0 Å². The number of quaternary nitrogens is 2. The van der Waals surface area contributed by atoms with Crippen LogP contribution in [0, 0.1) is 5.92 Å². The van der Waals surface area contributed by atoms with Crippen molar-refractivity contribution in [3.05, 3.63) is 16.0 Å². The van der Waals surface area contributed by atoms with Crippen LogP contribution in [0.2, 0.25) is 0 Å². The molecule has 0 bridgehead atoms. The Morgan fingerprint density at radius 1 is 1.19 bits per heavy atom. The fourth-order valence-electron chi connectivity index (χ4n) is 4.14. The summed E-state index contributed by atoms with van der Waals surface area (Å²) >= 11 is 1.57. The van der Waals surface area contributed by atoms with Gasteiger partial charge in [-0.2, -0.15) is 0 Å². The second-order valence-electron chi connectivity index (χ2n) is 7.85. The summed E-state index contributed by atoms with van der Waals surface area (Å²) in [5.41, 5.74) is 1.70. The molecule has 1 amide bonds. The lowest BCUT2D eigenvalue weighted by atomic mass is 9.88. The van der Waals surface area contributed by atoms with Gasteiger partial charge in [0.05, 0.1) is 18.7 Å². The predicted octanol–water partition coefficient (Wildman–Crippen LogP) is -0.209. The van der Waals surface area contributed by atoms with Gasteiger partial charge in [0.1, 0.15) is 31.2 Å². The Bertz CT molecular complexity index is 680. The van der Waals surface area contributed by atoms with Crippen LogP contribution in [0.5, 0.6) is 0 Å². The SMILES string of the molecule is CCOC(=O)c1c(NC(=O)C[NH+]2CC[NH+](CC)CC2)sc2c1CC[C@@H](C)C2. The van der Waals surface area contributed by atoms with Crippen molar-refractivity contribution >= 4 is 28.2 Å². The van der Waals surface area contributed by atoms with Gasteiger partial charge in [-0.05, 0) is 44.6 Å². The number of carbonyl (C=O) groups excluding carboxylic acids is 2. The van der Waals surface area contributed by atoms with E-state index in [4.69, 9.17) is 4.74 Å². The van der Waals surface area contributed by atoms with E-state index in [-0.39, 0.29) is 11.9 Å². The molecule has 1 aromatic heterocycles. The highest BCUT2D eigenvalue weighted by Gasteiger charge is 2.30. The summed E-state index contributed by atoms with van der Waals surface area (Å²) in [4.78, 5) is 29.4. The van der Waals surface area contributed by atoms with Crippen molar-refractivity contribution in [2.75, 3.05) is 51.2 Å². The summed E-state index contributed by atoms with van der Waals surface area (Å²) in [5.74, 6) is 0.325. The molecule has 1 saturated heterocycles. The number of fused-ring (bicyclic) bond motifs is 1. The zero-order chi connectivity index (χ0) is 19.4. The predicted molar refractivity (Wildman–Crippen MR) is 107 cm³/mol. The number of piperazine rings is 1. The number of anilines is 1. The van der Waals surface area contributed by atoms with Crippen molar-refractivity contribution in [3.63, 3.8) is 0 Å². The van der Waals surface area contributed by atoms with Crippen molar-refractivity contribution < 1.29 is 24.1 Å². The Morgan fingerprint density at radius 3 is 2.56 bits per heavy atom. The molecule has 27 heavy (non-hydrogen) atoms. The standard InChI is InChI=1S/C20H31N3O3S/c1-4-22-8-10-23(11-9-22)13-17(24)21-19-18(20(25)26-5-2)15-7-6-14(3)12-16(15)27-19/h14H,4-13H2,1-3H3,(H,21,24)/p+2/t14-/m1/s1. The van der Waals surface area contributed by atoms with Crippen LogP contribution in [0.15, 0.2) is 0 Å². The molecule has 0 unspecified atom stereocenters. The number of nitrogens with one attached hydrogen (secondary N) is 3. The molecule has 3 N–H and O–H groups in total. The third-order valence-electron chi connectivity index (χ3n) is 5.82. The Morgan fingerprint density at radius 2 is 1.89 bits per heavy atom. The van der Waals surface area contributed by atoms with E-state index in [1.165, 1.54) is 9.78 Å². The average Bonchev–Trinajstić information content (AvgIpc) is 2.99. The lowest BCUT2D eigenvalue weighted by Gasteiger charge is -2.28. The topological polar surface area (TPSA) is 64.3 Å². The summed E-state index contributed by atoms with van der Waals surface area (Å²) in [5, 5.41) is 3.74. The zero-order valence-corrected chi connectivity index (χ0v) is 17.6. The maximum atomic E-state index is 12.7. The number of thiophene rings is 1. The van der Waals surface area contributed by atoms with Crippen LogP contribution >= 0.6 is 11.3 Å². The van der Waals surface area contributed by atoms with Crippen molar-refractivity contribution in [2.24, 2.45) is 5.92 Å². The first kappa shape index (κ1) is 20.3. The molecule has 1 aromatic rings. The number of carbonyl (C=O) groups is 2. The highest BCUT2D eigenvalue weighted by molar-refractivity contribution is 7.17. The van der Waals surface area contributed by atoms with Gasteiger partial charge in [-0.1, -0.05) is 6.92 Å². The molecule has 0 saturated carbocycles. The van der Waals surface area contributed by atoms with Crippen molar-refractivity contribution in [1.29, 1.82) is 0 Å². The minimum atomic E-state index is -0.299. The van der Waals surface area contributed by atoms with Gasteiger partial charge in [0, 0.05) is 4.88 Å². The molecule has 0 aromatic carbocycles. The molecule has 1 aliphatic carbocycles. The minimum Gasteiger partial charge on any atom is -0.462 e. The smallest absolute Gasteiger partial charge is 0.341 e. The normalized spacial score (nSPS) is 24.9. The van der Waals surface area contributed by atoms with Gasteiger partial charge in [-0.25, -0.2) is 4.79 Å². The number of hydrogen-bond donors (Lipinski definition) is 3. The number of ether oxygens (including phenoxy) is 1. The quantitative estimate of drug-likeness (QED) is 0.584. The van der Waals surface area contributed by atoms with Gasteiger partial charge in [0.15, 0.2) is 6.54 Å². The third kappa shape index (κ3) is 4.89. The Kier molecular flexibility index (Phi) is 6.89. The maximum Gasteiger partial charge on any atom is 0.341 e. The number of rotatable bonds is 6. The highest BCUT2D eigenvalue weighted by Crippen LogP contribution is 2.40. The summed E-state index contributed by atoms with van der Waals surface area (Å²) in [7, 11) is 0. The fraction of sp³-hybridized carbons (Fsp3) is 0.700. The molecule has 7 heteroatoms.